The Balaban J connectivity index is 2.20. The van der Waals surface area contributed by atoms with E-state index in [9.17, 15) is 4.79 Å². The van der Waals surface area contributed by atoms with E-state index in [0.717, 1.165) is 16.9 Å². The van der Waals surface area contributed by atoms with Gasteiger partial charge in [0.25, 0.3) is 0 Å². The van der Waals surface area contributed by atoms with Crippen molar-refractivity contribution in [2.24, 2.45) is 0 Å². The second-order valence-corrected chi connectivity index (χ2v) is 4.04. The third-order valence-corrected chi connectivity index (χ3v) is 2.64. The van der Waals surface area contributed by atoms with Gasteiger partial charge in [-0.15, -0.1) is 0 Å². The first-order valence-corrected chi connectivity index (χ1v) is 6.17. The van der Waals surface area contributed by atoms with E-state index in [4.69, 9.17) is 4.74 Å². The van der Waals surface area contributed by atoms with Crippen LogP contribution in [-0.4, -0.2) is 22.4 Å². The van der Waals surface area contributed by atoms with Crippen LogP contribution >= 0.6 is 0 Å². The molecule has 0 aliphatic rings. The lowest BCUT2D eigenvalue weighted by molar-refractivity contribution is -0.137. The van der Waals surface area contributed by atoms with Crippen LogP contribution in [0.25, 0.3) is 11.8 Å². The molecule has 0 aliphatic carbocycles. The molecule has 4 heteroatoms. The van der Waals surface area contributed by atoms with Crippen LogP contribution in [0.2, 0.25) is 0 Å². The highest BCUT2D eigenvalue weighted by Crippen LogP contribution is 2.13. The number of ether oxygens (including phenoxy) is 1. The first-order chi connectivity index (χ1) is 9.20. The van der Waals surface area contributed by atoms with Crippen LogP contribution in [-0.2, 0) is 9.53 Å². The second kappa shape index (κ2) is 6.00. The smallest absolute Gasteiger partial charge is 0.330 e. The molecule has 1 aromatic carbocycles. The van der Waals surface area contributed by atoms with E-state index in [1.807, 2.05) is 43.5 Å². The molecule has 0 radical (unpaired) electrons. The SMILES string of the molecule is CCOC(=O)C=Cc1cn(-c2ccccc2)nc1C. The summed E-state index contributed by atoms with van der Waals surface area (Å²) < 4.78 is 6.63. The zero-order valence-electron chi connectivity index (χ0n) is 11.0. The lowest BCUT2D eigenvalue weighted by Crippen LogP contribution is -1.98. The lowest BCUT2D eigenvalue weighted by atomic mass is 10.2. The number of hydrogen-bond acceptors (Lipinski definition) is 3. The molecule has 1 aromatic heterocycles. The van der Waals surface area contributed by atoms with Gasteiger partial charge in [0.2, 0.25) is 0 Å². The van der Waals surface area contributed by atoms with Gasteiger partial charge in [0, 0.05) is 17.8 Å². The van der Waals surface area contributed by atoms with E-state index in [1.165, 1.54) is 6.08 Å². The molecule has 0 saturated carbocycles. The van der Waals surface area contributed by atoms with Crippen molar-refractivity contribution in [3.8, 4) is 5.69 Å². The third kappa shape index (κ3) is 3.31. The first-order valence-electron chi connectivity index (χ1n) is 6.17. The molecule has 0 bridgehead atoms. The number of aryl methyl sites for hydroxylation is 1. The maximum absolute atomic E-state index is 11.3. The molecule has 19 heavy (non-hydrogen) atoms. The van der Waals surface area contributed by atoms with E-state index in [0.29, 0.717) is 6.61 Å². The summed E-state index contributed by atoms with van der Waals surface area (Å²) in [5.74, 6) is -0.339. The van der Waals surface area contributed by atoms with E-state index in [2.05, 4.69) is 5.10 Å². The molecule has 0 fully saturated rings. The van der Waals surface area contributed by atoms with Gasteiger partial charge in [-0.2, -0.15) is 5.10 Å². The van der Waals surface area contributed by atoms with Gasteiger partial charge in [-0.05, 0) is 32.1 Å². The van der Waals surface area contributed by atoms with E-state index in [-0.39, 0.29) is 5.97 Å². The minimum Gasteiger partial charge on any atom is -0.463 e. The number of esters is 1. The van der Waals surface area contributed by atoms with Crippen molar-refractivity contribution in [3.63, 3.8) is 0 Å². The van der Waals surface area contributed by atoms with Crippen molar-refractivity contribution in [2.45, 2.75) is 13.8 Å². The molecular weight excluding hydrogens is 240 g/mol. The van der Waals surface area contributed by atoms with Crippen LogP contribution in [0.3, 0.4) is 0 Å². The van der Waals surface area contributed by atoms with E-state index in [1.54, 1.807) is 17.7 Å². The molecule has 0 spiro atoms. The highest BCUT2D eigenvalue weighted by Gasteiger charge is 2.04. The minimum atomic E-state index is -0.339. The molecule has 0 saturated heterocycles. The summed E-state index contributed by atoms with van der Waals surface area (Å²) in [6.07, 6.45) is 5.03. The van der Waals surface area contributed by atoms with Gasteiger partial charge in [-0.3, -0.25) is 0 Å². The van der Waals surface area contributed by atoms with Gasteiger partial charge >= 0.3 is 5.97 Å². The van der Waals surface area contributed by atoms with Gasteiger partial charge in [0.1, 0.15) is 0 Å². The van der Waals surface area contributed by atoms with Crippen molar-refractivity contribution in [2.75, 3.05) is 6.61 Å². The van der Waals surface area contributed by atoms with Gasteiger partial charge in [0.15, 0.2) is 0 Å². The highest BCUT2D eigenvalue weighted by molar-refractivity contribution is 5.87. The average molecular weight is 256 g/mol. The van der Waals surface area contributed by atoms with Gasteiger partial charge in [-0.1, -0.05) is 18.2 Å². The van der Waals surface area contributed by atoms with Crippen LogP contribution in [0.15, 0.2) is 42.6 Å². The Labute approximate surface area is 112 Å². The summed E-state index contributed by atoms with van der Waals surface area (Å²) in [6, 6.07) is 9.83. The number of aromatic nitrogens is 2. The molecular formula is C15H16N2O2. The van der Waals surface area contributed by atoms with Gasteiger partial charge in [-0.25, -0.2) is 9.48 Å². The number of para-hydroxylation sites is 1. The Morgan fingerprint density at radius 2 is 2.11 bits per heavy atom. The molecule has 2 aromatic rings. The third-order valence-electron chi connectivity index (χ3n) is 2.64. The minimum absolute atomic E-state index is 0.339. The molecule has 4 nitrogen and oxygen atoms in total. The normalized spacial score (nSPS) is 10.8. The number of benzene rings is 1. The monoisotopic (exact) mass is 256 g/mol. The molecule has 0 unspecified atom stereocenters. The van der Waals surface area contributed by atoms with Crippen molar-refractivity contribution in [3.05, 3.63) is 53.9 Å². The molecule has 0 atom stereocenters. The zero-order valence-corrected chi connectivity index (χ0v) is 11.0. The molecule has 0 N–H and O–H groups in total. The summed E-state index contributed by atoms with van der Waals surface area (Å²) in [7, 11) is 0. The van der Waals surface area contributed by atoms with Crippen LogP contribution in [0.5, 0.6) is 0 Å². The van der Waals surface area contributed by atoms with Crippen molar-refractivity contribution in [1.82, 2.24) is 9.78 Å². The summed E-state index contributed by atoms with van der Waals surface area (Å²) in [4.78, 5) is 11.3. The largest absolute Gasteiger partial charge is 0.463 e. The number of rotatable bonds is 4. The Kier molecular flexibility index (Phi) is 4.13. The number of carbonyl (C=O) groups is 1. The molecule has 1 heterocycles. The lowest BCUT2D eigenvalue weighted by Gasteiger charge is -1.98. The Morgan fingerprint density at radius 3 is 2.79 bits per heavy atom. The number of hydrogen-bond donors (Lipinski definition) is 0. The molecule has 0 aliphatic heterocycles. The standard InChI is InChI=1S/C15H16N2O2/c1-3-19-15(18)10-9-13-11-17(16-12(13)2)14-7-5-4-6-8-14/h4-11H,3H2,1-2H3. The molecule has 98 valence electrons. The topological polar surface area (TPSA) is 44.1 Å². The predicted molar refractivity (Wildman–Crippen MR) is 74.0 cm³/mol. The zero-order chi connectivity index (χ0) is 13.7. The Morgan fingerprint density at radius 1 is 1.37 bits per heavy atom. The van der Waals surface area contributed by atoms with Crippen LogP contribution < -0.4 is 0 Å². The van der Waals surface area contributed by atoms with Gasteiger partial charge < -0.3 is 4.74 Å². The number of nitrogens with zero attached hydrogens (tertiary/aromatic N) is 2. The molecule has 0 amide bonds. The van der Waals surface area contributed by atoms with Crippen molar-refractivity contribution < 1.29 is 9.53 Å². The average Bonchev–Trinajstić information content (AvgIpc) is 2.79. The summed E-state index contributed by atoms with van der Waals surface area (Å²) in [5.41, 5.74) is 2.75. The van der Waals surface area contributed by atoms with Crippen molar-refractivity contribution in [1.29, 1.82) is 0 Å². The fraction of sp³-hybridized carbons (Fsp3) is 0.200. The Bertz CT molecular complexity index is 585. The quantitative estimate of drug-likeness (QED) is 0.624. The number of carbonyl (C=O) groups excluding carboxylic acids is 1. The van der Waals surface area contributed by atoms with E-state index >= 15 is 0 Å². The highest BCUT2D eigenvalue weighted by atomic mass is 16.5. The fourth-order valence-electron chi connectivity index (χ4n) is 1.70. The predicted octanol–water partition coefficient (Wildman–Crippen LogP) is 2.76. The summed E-state index contributed by atoms with van der Waals surface area (Å²) in [5, 5.41) is 4.42. The maximum Gasteiger partial charge on any atom is 0.330 e. The van der Waals surface area contributed by atoms with Crippen LogP contribution in [0.4, 0.5) is 0 Å². The van der Waals surface area contributed by atoms with Gasteiger partial charge in [0.05, 0.1) is 18.0 Å². The van der Waals surface area contributed by atoms with Crippen LogP contribution in [0.1, 0.15) is 18.2 Å². The first kappa shape index (κ1) is 13.1. The summed E-state index contributed by atoms with van der Waals surface area (Å²) in [6.45, 7) is 4.07. The van der Waals surface area contributed by atoms with Crippen molar-refractivity contribution >= 4 is 12.0 Å². The summed E-state index contributed by atoms with van der Waals surface area (Å²) >= 11 is 0. The maximum atomic E-state index is 11.3. The fourth-order valence-corrected chi connectivity index (χ4v) is 1.70. The second-order valence-electron chi connectivity index (χ2n) is 4.04. The van der Waals surface area contributed by atoms with E-state index < -0.39 is 0 Å². The molecule has 2 rings (SSSR count). The Hall–Kier alpha value is -2.36. The van der Waals surface area contributed by atoms with Crippen LogP contribution in [0, 0.1) is 6.92 Å².